The summed E-state index contributed by atoms with van der Waals surface area (Å²) in [7, 11) is 0. The van der Waals surface area contributed by atoms with Gasteiger partial charge < -0.3 is 5.73 Å². The van der Waals surface area contributed by atoms with E-state index in [1.54, 1.807) is 24.3 Å². The van der Waals surface area contributed by atoms with E-state index >= 15 is 0 Å². The summed E-state index contributed by atoms with van der Waals surface area (Å²) in [5.41, 5.74) is 7.13. The number of benzene rings is 2. The van der Waals surface area contributed by atoms with Gasteiger partial charge in [0.1, 0.15) is 11.6 Å². The Balaban J connectivity index is 2.24. The van der Waals surface area contributed by atoms with Crippen LogP contribution in [0.3, 0.4) is 0 Å². The van der Waals surface area contributed by atoms with Gasteiger partial charge in [-0.15, -0.1) is 0 Å². The summed E-state index contributed by atoms with van der Waals surface area (Å²) in [6.07, 6.45) is 0.374. The predicted molar refractivity (Wildman–Crippen MR) is 71.1 cm³/mol. The van der Waals surface area contributed by atoms with E-state index in [9.17, 15) is 8.78 Å². The van der Waals surface area contributed by atoms with E-state index in [1.165, 1.54) is 18.2 Å². The quantitative estimate of drug-likeness (QED) is 0.912. The van der Waals surface area contributed by atoms with Gasteiger partial charge in [-0.1, -0.05) is 34.1 Å². The summed E-state index contributed by atoms with van der Waals surface area (Å²) in [5, 5.41) is 0. The molecule has 4 heteroatoms. The van der Waals surface area contributed by atoms with E-state index in [2.05, 4.69) is 15.9 Å². The lowest BCUT2D eigenvalue weighted by molar-refractivity contribution is 0.578. The molecular weight excluding hydrogens is 300 g/mol. The summed E-state index contributed by atoms with van der Waals surface area (Å²) in [4.78, 5) is 0. The number of hydrogen-bond acceptors (Lipinski definition) is 1. The lowest BCUT2D eigenvalue weighted by Crippen LogP contribution is -2.15. The van der Waals surface area contributed by atoms with Gasteiger partial charge in [-0.3, -0.25) is 0 Å². The highest BCUT2D eigenvalue weighted by molar-refractivity contribution is 9.10. The molecule has 0 aliphatic carbocycles. The third-order valence-corrected chi connectivity index (χ3v) is 3.53. The van der Waals surface area contributed by atoms with Gasteiger partial charge in [0.05, 0.1) is 0 Å². The average Bonchev–Trinajstić information content (AvgIpc) is 2.34. The average molecular weight is 312 g/mol. The lowest BCUT2D eigenvalue weighted by atomic mass is 9.99. The van der Waals surface area contributed by atoms with Crippen LogP contribution in [-0.4, -0.2) is 0 Å². The molecule has 2 aromatic rings. The molecule has 1 nitrogen and oxygen atoms in total. The topological polar surface area (TPSA) is 26.0 Å². The van der Waals surface area contributed by atoms with Crippen LogP contribution >= 0.6 is 15.9 Å². The Morgan fingerprint density at radius 2 is 1.83 bits per heavy atom. The first-order valence-electron chi connectivity index (χ1n) is 5.52. The molecule has 0 spiro atoms. The molecule has 0 radical (unpaired) electrons. The molecule has 1 atom stereocenters. The minimum absolute atomic E-state index is 0.325. The Bertz CT molecular complexity index is 557. The van der Waals surface area contributed by atoms with Crippen molar-refractivity contribution in [2.45, 2.75) is 12.5 Å². The largest absolute Gasteiger partial charge is 0.324 e. The Kier molecular flexibility index (Phi) is 4.09. The van der Waals surface area contributed by atoms with Crippen LogP contribution in [0.4, 0.5) is 8.78 Å². The van der Waals surface area contributed by atoms with Crippen LogP contribution in [0.5, 0.6) is 0 Å². The summed E-state index contributed by atoms with van der Waals surface area (Å²) in [6.45, 7) is 0. The van der Waals surface area contributed by atoms with Crippen molar-refractivity contribution in [1.82, 2.24) is 0 Å². The van der Waals surface area contributed by atoms with E-state index in [-0.39, 0.29) is 11.6 Å². The van der Waals surface area contributed by atoms with E-state index in [4.69, 9.17) is 5.73 Å². The van der Waals surface area contributed by atoms with Crippen molar-refractivity contribution in [3.05, 3.63) is 69.7 Å². The van der Waals surface area contributed by atoms with Gasteiger partial charge in [-0.05, 0) is 36.2 Å². The fourth-order valence-electron chi connectivity index (χ4n) is 1.82. The fourth-order valence-corrected chi connectivity index (χ4v) is 2.23. The van der Waals surface area contributed by atoms with Crippen LogP contribution in [0.15, 0.2) is 46.9 Å². The third-order valence-electron chi connectivity index (χ3n) is 2.75. The Hall–Kier alpha value is -1.26. The smallest absolute Gasteiger partial charge is 0.127 e. The highest BCUT2D eigenvalue weighted by atomic mass is 79.9. The first-order chi connectivity index (χ1) is 8.58. The van der Waals surface area contributed by atoms with Crippen LogP contribution < -0.4 is 5.73 Å². The molecule has 0 aliphatic rings. The highest BCUT2D eigenvalue weighted by Gasteiger charge is 2.13. The lowest BCUT2D eigenvalue weighted by Gasteiger charge is -2.14. The van der Waals surface area contributed by atoms with Gasteiger partial charge in [0.15, 0.2) is 0 Å². The van der Waals surface area contributed by atoms with Crippen molar-refractivity contribution in [2.24, 2.45) is 5.73 Å². The van der Waals surface area contributed by atoms with Gasteiger partial charge in [0.2, 0.25) is 0 Å². The summed E-state index contributed by atoms with van der Waals surface area (Å²) >= 11 is 3.33. The standard InChI is InChI=1S/C14H12BrF2N/c15-12-6-5-10(16)7-9(12)8-14(18)11-3-1-2-4-13(11)17/h1-7,14H,8,18H2. The minimum Gasteiger partial charge on any atom is -0.324 e. The molecule has 0 amide bonds. The molecule has 2 N–H and O–H groups in total. The normalized spacial score (nSPS) is 12.4. The zero-order valence-electron chi connectivity index (χ0n) is 9.54. The molecule has 0 fully saturated rings. The fraction of sp³-hybridized carbons (Fsp3) is 0.143. The zero-order chi connectivity index (χ0) is 13.1. The maximum Gasteiger partial charge on any atom is 0.127 e. The van der Waals surface area contributed by atoms with Gasteiger partial charge >= 0.3 is 0 Å². The summed E-state index contributed by atoms with van der Waals surface area (Å²) < 4.78 is 27.5. The highest BCUT2D eigenvalue weighted by Crippen LogP contribution is 2.24. The second-order valence-electron chi connectivity index (χ2n) is 4.07. The Labute approximate surface area is 113 Å². The molecule has 94 valence electrons. The van der Waals surface area contributed by atoms with E-state index in [0.717, 1.165) is 10.0 Å². The molecule has 0 bridgehead atoms. The van der Waals surface area contributed by atoms with Gasteiger partial charge in [0, 0.05) is 16.1 Å². The van der Waals surface area contributed by atoms with Crippen molar-refractivity contribution in [3.63, 3.8) is 0 Å². The van der Waals surface area contributed by atoms with Crippen LogP contribution in [0.2, 0.25) is 0 Å². The number of hydrogen-bond donors (Lipinski definition) is 1. The second-order valence-corrected chi connectivity index (χ2v) is 4.92. The molecule has 1 unspecified atom stereocenters. The number of halogens is 3. The molecule has 2 rings (SSSR count). The molecule has 0 saturated carbocycles. The molecule has 0 heterocycles. The van der Waals surface area contributed by atoms with E-state index in [0.29, 0.717) is 12.0 Å². The van der Waals surface area contributed by atoms with Crippen molar-refractivity contribution in [1.29, 1.82) is 0 Å². The molecule has 0 saturated heterocycles. The number of nitrogens with two attached hydrogens (primary N) is 1. The Morgan fingerprint density at radius 3 is 2.56 bits per heavy atom. The summed E-state index contributed by atoms with van der Waals surface area (Å²) in [6, 6.07) is 10.3. The SMILES string of the molecule is NC(Cc1cc(F)ccc1Br)c1ccccc1F. The zero-order valence-corrected chi connectivity index (χ0v) is 11.1. The number of rotatable bonds is 3. The van der Waals surface area contributed by atoms with Crippen LogP contribution in [0, 0.1) is 11.6 Å². The first kappa shape index (κ1) is 13.2. The summed E-state index contributed by atoms with van der Waals surface area (Å²) in [5.74, 6) is -0.661. The van der Waals surface area contributed by atoms with Crippen LogP contribution in [-0.2, 0) is 6.42 Å². The third kappa shape index (κ3) is 2.94. The van der Waals surface area contributed by atoms with Crippen molar-refractivity contribution in [2.75, 3.05) is 0 Å². The van der Waals surface area contributed by atoms with E-state index < -0.39 is 6.04 Å². The second kappa shape index (κ2) is 5.59. The minimum atomic E-state index is -0.496. The molecule has 0 aromatic heterocycles. The van der Waals surface area contributed by atoms with Gasteiger partial charge in [-0.25, -0.2) is 8.78 Å². The maximum atomic E-state index is 13.6. The monoisotopic (exact) mass is 311 g/mol. The van der Waals surface area contributed by atoms with Gasteiger partial charge in [0.25, 0.3) is 0 Å². The van der Waals surface area contributed by atoms with Gasteiger partial charge in [-0.2, -0.15) is 0 Å². The molecule has 18 heavy (non-hydrogen) atoms. The first-order valence-corrected chi connectivity index (χ1v) is 6.31. The maximum absolute atomic E-state index is 13.6. The molecule has 2 aromatic carbocycles. The Morgan fingerprint density at radius 1 is 1.11 bits per heavy atom. The van der Waals surface area contributed by atoms with Crippen molar-refractivity contribution < 1.29 is 8.78 Å². The van der Waals surface area contributed by atoms with Crippen molar-refractivity contribution in [3.8, 4) is 0 Å². The van der Waals surface area contributed by atoms with Crippen LogP contribution in [0.1, 0.15) is 17.2 Å². The molecular formula is C14H12BrF2N. The predicted octanol–water partition coefficient (Wildman–Crippen LogP) is 3.97. The van der Waals surface area contributed by atoms with E-state index in [1.807, 2.05) is 0 Å². The molecule has 0 aliphatic heterocycles. The van der Waals surface area contributed by atoms with Crippen molar-refractivity contribution >= 4 is 15.9 Å². The van der Waals surface area contributed by atoms with Crippen LogP contribution in [0.25, 0.3) is 0 Å².